The molecule has 1 saturated heterocycles. The summed E-state index contributed by atoms with van der Waals surface area (Å²) < 4.78 is 8.16. The zero-order valence-corrected chi connectivity index (χ0v) is 12.0. The largest absolute Gasteiger partial charge is 0.378 e. The molecule has 1 aromatic carbocycles. The van der Waals surface area contributed by atoms with E-state index in [2.05, 4.69) is 34.0 Å². The molecule has 1 aliphatic rings. The van der Waals surface area contributed by atoms with Crippen LogP contribution in [0.1, 0.15) is 5.56 Å². The molecule has 1 heterocycles. The van der Waals surface area contributed by atoms with E-state index < -0.39 is 0 Å². The summed E-state index contributed by atoms with van der Waals surface area (Å²) in [6, 6.07) is 6.00. The van der Waals surface area contributed by atoms with Gasteiger partial charge in [-0.1, -0.05) is 12.1 Å². The Hall–Kier alpha value is -1.40. The Morgan fingerprint density at radius 2 is 2.11 bits per heavy atom. The quantitative estimate of drug-likeness (QED) is 0.829. The number of carbonyl (C=O) groups excluding carboxylic acids is 1. The summed E-state index contributed by atoms with van der Waals surface area (Å²) in [6.07, 6.45) is 0. The second-order valence-electron chi connectivity index (χ2n) is 4.31. The Bertz CT molecular complexity index is 448. The predicted octanol–water partition coefficient (Wildman–Crippen LogP) is 1.77. The van der Waals surface area contributed by atoms with Crippen LogP contribution in [0.2, 0.25) is 0 Å². The lowest BCUT2D eigenvalue weighted by Crippen LogP contribution is -2.36. The smallest absolute Gasteiger partial charge is 0.324 e. The molecule has 0 saturated carbocycles. The molecule has 0 bridgehead atoms. The van der Waals surface area contributed by atoms with Crippen LogP contribution in [0.5, 0.6) is 0 Å². The van der Waals surface area contributed by atoms with E-state index in [1.54, 1.807) is 7.05 Å². The molecule has 1 aliphatic heterocycles. The minimum absolute atomic E-state index is 0.193. The highest BCUT2D eigenvalue weighted by atomic mass is 32.2. The first-order valence-corrected chi connectivity index (χ1v) is 7.11. The molecular formula is C13H19N3O2S. The Morgan fingerprint density at radius 1 is 1.37 bits per heavy atom. The van der Waals surface area contributed by atoms with Gasteiger partial charge in [0.15, 0.2) is 0 Å². The molecule has 2 N–H and O–H groups in total. The third kappa shape index (κ3) is 3.54. The van der Waals surface area contributed by atoms with Gasteiger partial charge in [-0.3, -0.25) is 4.72 Å². The molecule has 6 heteroatoms. The van der Waals surface area contributed by atoms with E-state index in [9.17, 15) is 4.79 Å². The fourth-order valence-corrected chi connectivity index (χ4v) is 2.80. The van der Waals surface area contributed by atoms with E-state index >= 15 is 0 Å². The van der Waals surface area contributed by atoms with Crippen LogP contribution < -0.4 is 14.9 Å². The highest BCUT2D eigenvalue weighted by Crippen LogP contribution is 2.32. The number of amides is 2. The summed E-state index contributed by atoms with van der Waals surface area (Å²) in [5, 5.41) is 2.55. The fraction of sp³-hybridized carbons (Fsp3) is 0.462. The molecule has 2 rings (SSSR count). The summed E-state index contributed by atoms with van der Waals surface area (Å²) in [7, 11) is 1.61. The predicted molar refractivity (Wildman–Crippen MR) is 77.7 cm³/mol. The monoisotopic (exact) mass is 281 g/mol. The molecule has 2 amide bonds. The van der Waals surface area contributed by atoms with Crippen LogP contribution in [0.15, 0.2) is 23.1 Å². The van der Waals surface area contributed by atoms with Crippen molar-refractivity contribution in [2.75, 3.05) is 38.3 Å². The summed E-state index contributed by atoms with van der Waals surface area (Å²) in [5.41, 5.74) is 2.31. The van der Waals surface area contributed by atoms with Crippen molar-refractivity contribution in [3.8, 4) is 0 Å². The minimum atomic E-state index is -0.193. The molecule has 0 spiro atoms. The molecule has 0 aromatic heterocycles. The van der Waals surface area contributed by atoms with Gasteiger partial charge in [-0.25, -0.2) is 4.79 Å². The molecule has 104 valence electrons. The Labute approximate surface area is 117 Å². The van der Waals surface area contributed by atoms with E-state index in [0.717, 1.165) is 42.4 Å². The Morgan fingerprint density at radius 3 is 2.79 bits per heavy atom. The molecule has 19 heavy (non-hydrogen) atoms. The minimum Gasteiger partial charge on any atom is -0.378 e. The fourth-order valence-electron chi connectivity index (χ4n) is 1.97. The van der Waals surface area contributed by atoms with Crippen molar-refractivity contribution < 1.29 is 9.53 Å². The zero-order chi connectivity index (χ0) is 13.7. The van der Waals surface area contributed by atoms with Crippen LogP contribution in [-0.2, 0) is 4.74 Å². The van der Waals surface area contributed by atoms with Gasteiger partial charge in [0.1, 0.15) is 0 Å². The highest BCUT2D eigenvalue weighted by Gasteiger charge is 2.16. The lowest BCUT2D eigenvalue weighted by atomic mass is 10.2. The first-order chi connectivity index (χ1) is 9.22. The number of carbonyl (C=O) groups is 1. The maximum atomic E-state index is 11.3. The number of nitrogens with zero attached hydrogens (tertiary/aromatic N) is 1. The van der Waals surface area contributed by atoms with E-state index in [4.69, 9.17) is 4.74 Å². The van der Waals surface area contributed by atoms with Crippen molar-refractivity contribution in [1.82, 2.24) is 10.0 Å². The summed E-state index contributed by atoms with van der Waals surface area (Å²) in [5.74, 6) is 0. The van der Waals surface area contributed by atoms with Gasteiger partial charge in [-0.2, -0.15) is 0 Å². The molecule has 0 atom stereocenters. The average Bonchev–Trinajstić information content (AvgIpc) is 2.46. The third-order valence-corrected chi connectivity index (χ3v) is 4.04. The molecule has 0 aliphatic carbocycles. The van der Waals surface area contributed by atoms with Gasteiger partial charge in [0.2, 0.25) is 0 Å². The first kappa shape index (κ1) is 14.0. The normalized spacial score (nSPS) is 15.2. The van der Waals surface area contributed by atoms with Crippen LogP contribution in [0.25, 0.3) is 0 Å². The number of rotatable bonds is 3. The number of aryl methyl sites for hydroxylation is 1. The van der Waals surface area contributed by atoms with Crippen molar-refractivity contribution in [2.24, 2.45) is 0 Å². The van der Waals surface area contributed by atoms with E-state index in [-0.39, 0.29) is 6.03 Å². The van der Waals surface area contributed by atoms with E-state index in [0.29, 0.717) is 0 Å². The first-order valence-electron chi connectivity index (χ1n) is 6.29. The molecule has 1 fully saturated rings. The van der Waals surface area contributed by atoms with Gasteiger partial charge in [0, 0.05) is 20.1 Å². The Balaban J connectivity index is 2.17. The number of anilines is 1. The number of hydrogen-bond donors (Lipinski definition) is 2. The number of hydrogen-bond acceptors (Lipinski definition) is 4. The third-order valence-electron chi connectivity index (χ3n) is 3.02. The Kier molecular flexibility index (Phi) is 4.93. The van der Waals surface area contributed by atoms with Crippen LogP contribution in [0.4, 0.5) is 10.5 Å². The summed E-state index contributed by atoms with van der Waals surface area (Å²) >= 11 is 1.36. The van der Waals surface area contributed by atoms with Crippen LogP contribution in [-0.4, -0.2) is 39.4 Å². The molecule has 0 unspecified atom stereocenters. The van der Waals surface area contributed by atoms with E-state index in [1.165, 1.54) is 11.9 Å². The van der Waals surface area contributed by atoms with Crippen LogP contribution in [0.3, 0.4) is 0 Å². The second kappa shape index (κ2) is 6.68. The SMILES string of the molecule is CNC(=O)NSc1c(C)cccc1N1CCOCC1. The number of urea groups is 1. The van der Waals surface area contributed by atoms with Gasteiger partial charge in [-0.05, 0) is 30.5 Å². The van der Waals surface area contributed by atoms with Crippen molar-refractivity contribution >= 4 is 23.7 Å². The van der Waals surface area contributed by atoms with Crippen LogP contribution in [0, 0.1) is 6.92 Å². The van der Waals surface area contributed by atoms with Crippen molar-refractivity contribution in [1.29, 1.82) is 0 Å². The van der Waals surface area contributed by atoms with Gasteiger partial charge in [0.25, 0.3) is 0 Å². The maximum absolute atomic E-state index is 11.3. The van der Waals surface area contributed by atoms with Gasteiger partial charge >= 0.3 is 6.03 Å². The summed E-state index contributed by atoms with van der Waals surface area (Å²) in [6.45, 7) is 5.33. The topological polar surface area (TPSA) is 53.6 Å². The van der Waals surface area contributed by atoms with Gasteiger partial charge in [0.05, 0.1) is 23.8 Å². The highest BCUT2D eigenvalue weighted by molar-refractivity contribution is 7.98. The van der Waals surface area contributed by atoms with Crippen molar-refractivity contribution in [3.63, 3.8) is 0 Å². The molecule has 5 nitrogen and oxygen atoms in total. The second-order valence-corrected chi connectivity index (χ2v) is 5.12. The summed E-state index contributed by atoms with van der Waals surface area (Å²) in [4.78, 5) is 14.7. The average molecular weight is 281 g/mol. The van der Waals surface area contributed by atoms with E-state index in [1.807, 2.05) is 6.07 Å². The number of morpholine rings is 1. The molecule has 1 aromatic rings. The van der Waals surface area contributed by atoms with Gasteiger partial charge in [-0.15, -0.1) is 0 Å². The van der Waals surface area contributed by atoms with Crippen molar-refractivity contribution in [3.05, 3.63) is 23.8 Å². The lowest BCUT2D eigenvalue weighted by Gasteiger charge is -2.30. The zero-order valence-electron chi connectivity index (χ0n) is 11.2. The molecular weight excluding hydrogens is 262 g/mol. The number of benzene rings is 1. The van der Waals surface area contributed by atoms with Gasteiger partial charge < -0.3 is 15.0 Å². The number of nitrogens with one attached hydrogen (secondary N) is 2. The standard InChI is InChI=1S/C13H19N3O2S/c1-10-4-3-5-11(16-6-8-18-9-7-16)12(10)19-15-13(17)14-2/h3-5H,6-9H2,1-2H3,(H2,14,15,17). The van der Waals surface area contributed by atoms with Crippen molar-refractivity contribution in [2.45, 2.75) is 11.8 Å². The maximum Gasteiger partial charge on any atom is 0.324 e. The number of ether oxygens (including phenoxy) is 1. The lowest BCUT2D eigenvalue weighted by molar-refractivity contribution is 0.122. The molecule has 0 radical (unpaired) electrons. The van der Waals surface area contributed by atoms with Crippen LogP contribution >= 0.6 is 11.9 Å².